The van der Waals surface area contributed by atoms with E-state index in [1.165, 1.54) is 6.92 Å². The average molecular weight is 498 g/mol. The zero-order valence-electron chi connectivity index (χ0n) is 20.8. The molecule has 1 aromatic heterocycles. The number of rotatable bonds is 7. The van der Waals surface area contributed by atoms with E-state index in [-0.39, 0.29) is 24.8 Å². The molecule has 1 fully saturated rings. The van der Waals surface area contributed by atoms with E-state index in [0.717, 1.165) is 28.2 Å². The largest absolute Gasteiger partial charge is 0.457 e. The Hall–Kier alpha value is -4.59. The van der Waals surface area contributed by atoms with Crippen LogP contribution in [0.2, 0.25) is 0 Å². The number of nitrogens with zero attached hydrogens (tertiary/aromatic N) is 2. The first kappa shape index (κ1) is 24.1. The number of ether oxygens (including phenoxy) is 3. The molecule has 0 bridgehead atoms. The van der Waals surface area contributed by atoms with Gasteiger partial charge >= 0.3 is 12.1 Å². The molecule has 1 aliphatic heterocycles. The Balaban J connectivity index is 1.47. The van der Waals surface area contributed by atoms with Gasteiger partial charge in [0.25, 0.3) is 0 Å². The molecule has 0 spiro atoms. The summed E-state index contributed by atoms with van der Waals surface area (Å²) in [6.07, 6.45) is 1.02. The maximum Gasteiger partial charge on any atom is 0.411 e. The van der Waals surface area contributed by atoms with Crippen molar-refractivity contribution in [2.45, 2.75) is 39.5 Å². The summed E-state index contributed by atoms with van der Waals surface area (Å²) >= 11 is 0. The van der Waals surface area contributed by atoms with E-state index in [0.29, 0.717) is 17.2 Å². The van der Waals surface area contributed by atoms with Crippen LogP contribution in [0.3, 0.4) is 0 Å². The Morgan fingerprint density at radius 2 is 1.84 bits per heavy atom. The van der Waals surface area contributed by atoms with Gasteiger partial charge in [-0.25, -0.2) is 9.78 Å². The van der Waals surface area contributed by atoms with E-state index in [1.807, 2.05) is 62.4 Å². The molecule has 1 N–H and O–H groups in total. The number of hydrogen-bond acceptors (Lipinski definition) is 6. The number of cyclic esters (lactones) is 1. The fourth-order valence-corrected chi connectivity index (χ4v) is 4.39. The molecule has 2 heterocycles. The lowest BCUT2D eigenvalue weighted by molar-refractivity contribution is -0.131. The van der Waals surface area contributed by atoms with Crippen LogP contribution in [0.1, 0.15) is 36.8 Å². The first-order chi connectivity index (χ1) is 17.9. The number of carbonyl (C=O) groups excluding carboxylic acids is 2. The van der Waals surface area contributed by atoms with Gasteiger partial charge in [-0.3, -0.25) is 9.69 Å². The Kier molecular flexibility index (Phi) is 6.64. The molecule has 2 atom stereocenters. The van der Waals surface area contributed by atoms with Crippen molar-refractivity contribution in [1.29, 1.82) is 0 Å². The Morgan fingerprint density at radius 1 is 1.05 bits per heavy atom. The molecular formula is C29H27N3O5. The van der Waals surface area contributed by atoms with E-state index in [2.05, 4.69) is 9.97 Å². The van der Waals surface area contributed by atoms with E-state index in [9.17, 15) is 9.59 Å². The number of carbonyl (C=O) groups is 2. The minimum atomic E-state index is -0.412. The molecule has 4 aromatic rings. The van der Waals surface area contributed by atoms with Crippen LogP contribution in [-0.2, 0) is 16.1 Å². The fraction of sp³-hybridized carbons (Fsp3) is 0.207. The highest BCUT2D eigenvalue weighted by atomic mass is 16.6. The molecule has 1 amide bonds. The molecule has 3 aromatic carbocycles. The first-order valence-corrected chi connectivity index (χ1v) is 12.0. The number of aromatic amines is 1. The standard InChI is InChI=1S/C29H27N3O5/c1-18-16-30-28(31-18)22-12-13-26(36-25-11-7-10-24(15-25)35-20(3)33)23(14-22)17-32-19(2)27(37-29(32)34)21-8-5-4-6-9-21/h4-16,19,27H,17H2,1-3H3,(H,30,31)/t19-,27-/m0/s1. The van der Waals surface area contributed by atoms with Crippen LogP contribution in [0, 0.1) is 6.92 Å². The molecule has 37 heavy (non-hydrogen) atoms. The Morgan fingerprint density at radius 3 is 2.57 bits per heavy atom. The number of imidazole rings is 1. The van der Waals surface area contributed by atoms with Gasteiger partial charge in [0, 0.05) is 36.0 Å². The molecule has 8 heteroatoms. The number of H-pyrrole nitrogens is 1. The number of nitrogens with one attached hydrogen (secondary N) is 1. The quantitative estimate of drug-likeness (QED) is 0.242. The van der Waals surface area contributed by atoms with E-state index in [4.69, 9.17) is 14.2 Å². The van der Waals surface area contributed by atoms with Crippen LogP contribution in [0.5, 0.6) is 17.2 Å². The SMILES string of the molecule is CC(=O)Oc1cccc(Oc2ccc(-c3ncc(C)[nH]3)cc2CN2C(=O)O[C@H](c3ccccc3)[C@@H]2C)c1. The molecule has 0 saturated carbocycles. The molecule has 188 valence electrons. The maximum absolute atomic E-state index is 12.9. The van der Waals surface area contributed by atoms with Gasteiger partial charge in [0.15, 0.2) is 0 Å². The van der Waals surface area contributed by atoms with Crippen LogP contribution in [0.25, 0.3) is 11.4 Å². The predicted molar refractivity (Wildman–Crippen MR) is 137 cm³/mol. The van der Waals surface area contributed by atoms with Crippen LogP contribution < -0.4 is 9.47 Å². The third-order valence-electron chi connectivity index (χ3n) is 6.19. The molecule has 0 unspecified atom stereocenters. The number of esters is 1. The highest BCUT2D eigenvalue weighted by Crippen LogP contribution is 2.37. The summed E-state index contributed by atoms with van der Waals surface area (Å²) in [5, 5.41) is 0. The second kappa shape index (κ2) is 10.2. The summed E-state index contributed by atoms with van der Waals surface area (Å²) < 4.78 is 17.2. The summed E-state index contributed by atoms with van der Waals surface area (Å²) in [7, 11) is 0. The van der Waals surface area contributed by atoms with Crippen molar-refractivity contribution < 1.29 is 23.8 Å². The van der Waals surface area contributed by atoms with Crippen LogP contribution in [0.15, 0.2) is 79.0 Å². The van der Waals surface area contributed by atoms with Crippen LogP contribution in [0.4, 0.5) is 4.79 Å². The van der Waals surface area contributed by atoms with Crippen LogP contribution in [-0.4, -0.2) is 33.0 Å². The lowest BCUT2D eigenvalue weighted by Gasteiger charge is -2.22. The topological polar surface area (TPSA) is 93.8 Å². The second-order valence-corrected chi connectivity index (χ2v) is 8.99. The van der Waals surface area contributed by atoms with E-state index < -0.39 is 5.97 Å². The molecule has 1 aliphatic rings. The van der Waals surface area contributed by atoms with Crippen molar-refractivity contribution in [2.75, 3.05) is 0 Å². The van der Waals surface area contributed by atoms with E-state index >= 15 is 0 Å². The molecular weight excluding hydrogens is 470 g/mol. The number of amides is 1. The normalized spacial score (nSPS) is 16.9. The monoisotopic (exact) mass is 497 g/mol. The lowest BCUT2D eigenvalue weighted by Crippen LogP contribution is -2.31. The van der Waals surface area contributed by atoms with Crippen molar-refractivity contribution >= 4 is 12.1 Å². The fourth-order valence-electron chi connectivity index (χ4n) is 4.39. The zero-order chi connectivity index (χ0) is 25.9. The summed E-state index contributed by atoms with van der Waals surface area (Å²) in [6.45, 7) is 5.54. The summed E-state index contributed by atoms with van der Waals surface area (Å²) in [6, 6.07) is 22.1. The highest BCUT2D eigenvalue weighted by molar-refractivity contribution is 5.72. The van der Waals surface area contributed by atoms with Crippen molar-refractivity contribution in [3.8, 4) is 28.6 Å². The second-order valence-electron chi connectivity index (χ2n) is 8.99. The minimum Gasteiger partial charge on any atom is -0.457 e. The summed E-state index contributed by atoms with van der Waals surface area (Å²) in [4.78, 5) is 33.7. The lowest BCUT2D eigenvalue weighted by atomic mass is 10.0. The van der Waals surface area contributed by atoms with Gasteiger partial charge in [-0.1, -0.05) is 36.4 Å². The smallest absolute Gasteiger partial charge is 0.411 e. The average Bonchev–Trinajstić information content (AvgIpc) is 3.43. The van der Waals surface area contributed by atoms with Gasteiger partial charge in [0.2, 0.25) is 0 Å². The van der Waals surface area contributed by atoms with Crippen LogP contribution >= 0.6 is 0 Å². The number of hydrogen-bond donors (Lipinski definition) is 1. The van der Waals surface area contributed by atoms with Gasteiger partial charge in [-0.05, 0) is 49.7 Å². The zero-order valence-corrected chi connectivity index (χ0v) is 20.8. The van der Waals surface area contributed by atoms with Crippen molar-refractivity contribution in [3.05, 3.63) is 95.8 Å². The molecule has 0 radical (unpaired) electrons. The Bertz CT molecular complexity index is 1430. The van der Waals surface area contributed by atoms with Crippen molar-refractivity contribution in [1.82, 2.24) is 14.9 Å². The predicted octanol–water partition coefficient (Wildman–Crippen LogP) is 6.18. The molecule has 0 aliphatic carbocycles. The van der Waals surface area contributed by atoms with Gasteiger partial charge in [0.05, 0.1) is 12.6 Å². The van der Waals surface area contributed by atoms with Crippen molar-refractivity contribution in [2.24, 2.45) is 0 Å². The molecule has 5 rings (SSSR count). The number of benzene rings is 3. The number of aromatic nitrogens is 2. The Labute approximate surface area is 214 Å². The van der Waals surface area contributed by atoms with Gasteiger partial charge in [-0.15, -0.1) is 0 Å². The maximum atomic E-state index is 12.9. The number of aryl methyl sites for hydroxylation is 1. The third-order valence-corrected chi connectivity index (χ3v) is 6.19. The van der Waals surface area contributed by atoms with Gasteiger partial charge in [-0.2, -0.15) is 0 Å². The van der Waals surface area contributed by atoms with E-state index in [1.54, 1.807) is 35.4 Å². The minimum absolute atomic E-state index is 0.190. The first-order valence-electron chi connectivity index (χ1n) is 12.0. The molecule has 8 nitrogen and oxygen atoms in total. The summed E-state index contributed by atoms with van der Waals surface area (Å²) in [5.74, 6) is 1.76. The highest BCUT2D eigenvalue weighted by Gasteiger charge is 2.40. The third kappa shape index (κ3) is 5.33. The summed E-state index contributed by atoms with van der Waals surface area (Å²) in [5.41, 5.74) is 3.54. The molecule has 1 saturated heterocycles. The van der Waals surface area contributed by atoms with Gasteiger partial charge < -0.3 is 19.2 Å². The van der Waals surface area contributed by atoms with Gasteiger partial charge in [0.1, 0.15) is 29.2 Å². The van der Waals surface area contributed by atoms with Crippen molar-refractivity contribution in [3.63, 3.8) is 0 Å².